The lowest BCUT2D eigenvalue weighted by Gasteiger charge is -1.87. The second-order valence-electron chi connectivity index (χ2n) is 3.41. The predicted molar refractivity (Wildman–Crippen MR) is 59.5 cm³/mol. The molecule has 0 N–H and O–H groups in total. The standard InChI is InChI=1S/C6H12.C6H14/c1-4-5-6(2)3;1-3-5-6-4-2/h2,4-5H2,1,3H3;3-6H2,1-2H3. The zero-order valence-corrected chi connectivity index (χ0v) is 9.45. The van der Waals surface area contributed by atoms with E-state index in [0.717, 1.165) is 0 Å². The van der Waals surface area contributed by atoms with Crippen molar-refractivity contribution in [1.29, 1.82) is 0 Å². The van der Waals surface area contributed by atoms with Crippen molar-refractivity contribution in [2.24, 2.45) is 0 Å². The maximum atomic E-state index is 3.74. The summed E-state index contributed by atoms with van der Waals surface area (Å²) in [6, 6.07) is 0. The normalized spacial score (nSPS) is 8.67. The van der Waals surface area contributed by atoms with Crippen LogP contribution in [0.1, 0.15) is 66.2 Å². The van der Waals surface area contributed by atoms with Gasteiger partial charge in [0, 0.05) is 0 Å². The summed E-state index contributed by atoms with van der Waals surface area (Å²) in [4.78, 5) is 0. The molecule has 0 fully saturated rings. The molecule has 0 heterocycles. The molecule has 74 valence electrons. The Morgan fingerprint density at radius 3 is 1.42 bits per heavy atom. The lowest BCUT2D eigenvalue weighted by atomic mass is 10.2. The second-order valence-corrected chi connectivity index (χ2v) is 3.41. The highest BCUT2D eigenvalue weighted by molar-refractivity contribution is 4.86. The van der Waals surface area contributed by atoms with E-state index in [2.05, 4.69) is 34.3 Å². The molecule has 0 saturated carbocycles. The highest BCUT2D eigenvalue weighted by Gasteiger charge is 1.76. The summed E-state index contributed by atoms with van der Waals surface area (Å²) in [7, 11) is 0. The zero-order chi connectivity index (χ0) is 9.82. The van der Waals surface area contributed by atoms with Gasteiger partial charge in [0.2, 0.25) is 0 Å². The molecular formula is C12H26. The molecule has 0 bridgehead atoms. The molecule has 0 saturated heterocycles. The molecule has 0 atom stereocenters. The van der Waals surface area contributed by atoms with Crippen LogP contribution in [0.2, 0.25) is 0 Å². The highest BCUT2D eigenvalue weighted by Crippen LogP contribution is 1.96. The molecule has 0 heteroatoms. The zero-order valence-electron chi connectivity index (χ0n) is 9.45. The quantitative estimate of drug-likeness (QED) is 0.404. The van der Waals surface area contributed by atoms with Gasteiger partial charge in [-0.05, 0) is 13.3 Å². The van der Waals surface area contributed by atoms with Crippen LogP contribution >= 0.6 is 0 Å². The average molecular weight is 170 g/mol. The van der Waals surface area contributed by atoms with E-state index in [1.54, 1.807) is 0 Å². The molecule has 0 spiro atoms. The van der Waals surface area contributed by atoms with Gasteiger partial charge in [-0.25, -0.2) is 0 Å². The average Bonchev–Trinajstić information content (AvgIpc) is 2.02. The Balaban J connectivity index is 0. The molecule has 0 radical (unpaired) electrons. The summed E-state index contributed by atoms with van der Waals surface area (Å²) in [6.45, 7) is 12.4. The minimum atomic E-state index is 1.18. The molecule has 0 aliphatic heterocycles. The van der Waals surface area contributed by atoms with Crippen LogP contribution in [0.25, 0.3) is 0 Å². The molecule has 0 aliphatic carbocycles. The van der Waals surface area contributed by atoms with E-state index in [1.807, 2.05) is 0 Å². The van der Waals surface area contributed by atoms with E-state index < -0.39 is 0 Å². The molecule has 0 unspecified atom stereocenters. The topological polar surface area (TPSA) is 0 Å². The molecule has 12 heavy (non-hydrogen) atoms. The first kappa shape index (κ1) is 14.3. The fraction of sp³-hybridized carbons (Fsp3) is 0.833. The van der Waals surface area contributed by atoms with Gasteiger partial charge in [-0.1, -0.05) is 58.4 Å². The smallest absolute Gasteiger partial charge is 0.0328 e. The van der Waals surface area contributed by atoms with E-state index in [9.17, 15) is 0 Å². The van der Waals surface area contributed by atoms with Crippen LogP contribution in [0.4, 0.5) is 0 Å². The monoisotopic (exact) mass is 170 g/mol. The van der Waals surface area contributed by atoms with Crippen molar-refractivity contribution in [3.63, 3.8) is 0 Å². The Kier molecular flexibility index (Phi) is 15.9. The summed E-state index contributed by atoms with van der Waals surface area (Å²) in [5.74, 6) is 0. The summed E-state index contributed by atoms with van der Waals surface area (Å²) in [5.41, 5.74) is 1.29. The summed E-state index contributed by atoms with van der Waals surface area (Å²) in [6.07, 6.45) is 7.95. The van der Waals surface area contributed by atoms with E-state index in [1.165, 1.54) is 44.1 Å². The molecule has 0 aromatic heterocycles. The lowest BCUT2D eigenvalue weighted by Crippen LogP contribution is -1.66. The summed E-state index contributed by atoms with van der Waals surface area (Å²) >= 11 is 0. The van der Waals surface area contributed by atoms with Crippen LogP contribution in [0.3, 0.4) is 0 Å². The van der Waals surface area contributed by atoms with Gasteiger partial charge in [0.05, 0.1) is 0 Å². The number of unbranched alkanes of at least 4 members (excludes halogenated alkanes) is 3. The fourth-order valence-electron chi connectivity index (χ4n) is 0.927. The highest BCUT2D eigenvalue weighted by atomic mass is 13.8. The molecule has 0 rings (SSSR count). The minimum absolute atomic E-state index is 1.18. The molecule has 0 aromatic rings. The van der Waals surface area contributed by atoms with Crippen molar-refractivity contribution in [1.82, 2.24) is 0 Å². The fourth-order valence-corrected chi connectivity index (χ4v) is 0.927. The molecule has 0 aromatic carbocycles. The Morgan fingerprint density at radius 2 is 1.33 bits per heavy atom. The number of hydrogen-bond acceptors (Lipinski definition) is 0. The first-order valence-corrected chi connectivity index (χ1v) is 5.33. The third kappa shape index (κ3) is 22.6. The lowest BCUT2D eigenvalue weighted by molar-refractivity contribution is 0.702. The van der Waals surface area contributed by atoms with Crippen LogP contribution in [0.15, 0.2) is 12.2 Å². The third-order valence-corrected chi connectivity index (χ3v) is 1.63. The Morgan fingerprint density at radius 1 is 0.917 bits per heavy atom. The summed E-state index contributed by atoms with van der Waals surface area (Å²) < 4.78 is 0. The van der Waals surface area contributed by atoms with Crippen molar-refractivity contribution >= 4 is 0 Å². The SMILES string of the molecule is C=C(C)CCC.CCCCCC. The van der Waals surface area contributed by atoms with Crippen LogP contribution in [0, 0.1) is 0 Å². The number of rotatable bonds is 5. The largest absolute Gasteiger partial charge is 0.100 e. The second kappa shape index (κ2) is 13.3. The van der Waals surface area contributed by atoms with Gasteiger partial charge >= 0.3 is 0 Å². The van der Waals surface area contributed by atoms with Gasteiger partial charge in [-0.2, -0.15) is 0 Å². The van der Waals surface area contributed by atoms with Gasteiger partial charge in [0.15, 0.2) is 0 Å². The maximum Gasteiger partial charge on any atom is -0.0328 e. The van der Waals surface area contributed by atoms with Crippen LogP contribution in [-0.2, 0) is 0 Å². The Bertz CT molecular complexity index is 78.0. The van der Waals surface area contributed by atoms with Gasteiger partial charge in [-0.3, -0.25) is 0 Å². The minimum Gasteiger partial charge on any atom is -0.100 e. The van der Waals surface area contributed by atoms with Crippen molar-refractivity contribution < 1.29 is 0 Å². The Hall–Kier alpha value is -0.260. The first-order chi connectivity index (χ1) is 5.68. The van der Waals surface area contributed by atoms with Crippen molar-refractivity contribution in [2.75, 3.05) is 0 Å². The van der Waals surface area contributed by atoms with E-state index in [-0.39, 0.29) is 0 Å². The van der Waals surface area contributed by atoms with Crippen molar-refractivity contribution in [3.8, 4) is 0 Å². The van der Waals surface area contributed by atoms with Gasteiger partial charge in [0.25, 0.3) is 0 Å². The summed E-state index contributed by atoms with van der Waals surface area (Å²) in [5, 5.41) is 0. The number of hydrogen-bond donors (Lipinski definition) is 0. The van der Waals surface area contributed by atoms with E-state index >= 15 is 0 Å². The van der Waals surface area contributed by atoms with Crippen LogP contribution in [-0.4, -0.2) is 0 Å². The van der Waals surface area contributed by atoms with Crippen molar-refractivity contribution in [3.05, 3.63) is 12.2 Å². The number of allylic oxidation sites excluding steroid dienone is 1. The molecule has 0 nitrogen and oxygen atoms in total. The van der Waals surface area contributed by atoms with Crippen LogP contribution < -0.4 is 0 Å². The van der Waals surface area contributed by atoms with Crippen LogP contribution in [0.5, 0.6) is 0 Å². The van der Waals surface area contributed by atoms with Crippen molar-refractivity contribution in [2.45, 2.75) is 66.2 Å². The Labute approximate surface area is 79.1 Å². The third-order valence-electron chi connectivity index (χ3n) is 1.63. The van der Waals surface area contributed by atoms with Gasteiger partial charge in [0.1, 0.15) is 0 Å². The first-order valence-electron chi connectivity index (χ1n) is 5.33. The molecular weight excluding hydrogens is 144 g/mol. The molecule has 0 amide bonds. The van der Waals surface area contributed by atoms with E-state index in [4.69, 9.17) is 0 Å². The predicted octanol–water partition coefficient (Wildman–Crippen LogP) is 4.95. The molecule has 0 aliphatic rings. The maximum absolute atomic E-state index is 3.74. The van der Waals surface area contributed by atoms with E-state index in [0.29, 0.717) is 0 Å². The van der Waals surface area contributed by atoms with Gasteiger partial charge < -0.3 is 0 Å². The van der Waals surface area contributed by atoms with Gasteiger partial charge in [-0.15, -0.1) is 6.58 Å².